The molecule has 0 saturated carbocycles. The first-order valence-electron chi connectivity index (χ1n) is 4.98. The van der Waals surface area contributed by atoms with Crippen molar-refractivity contribution in [1.82, 2.24) is 5.16 Å². The van der Waals surface area contributed by atoms with Crippen molar-refractivity contribution in [2.24, 2.45) is 0 Å². The smallest absolute Gasteiger partial charge is 0.170 e. The molecule has 0 spiro atoms. The third-order valence-electron chi connectivity index (χ3n) is 2.35. The van der Waals surface area contributed by atoms with E-state index in [2.05, 4.69) is 10.5 Å². The first-order chi connectivity index (χ1) is 8.65. The number of hydrogen-bond acceptors (Lipinski definition) is 5. The number of rotatable bonds is 2. The lowest BCUT2D eigenvalue weighted by Crippen LogP contribution is -1.93. The van der Waals surface area contributed by atoms with E-state index in [1.54, 1.807) is 19.1 Å². The van der Waals surface area contributed by atoms with Crippen LogP contribution in [0.4, 0.5) is 10.1 Å². The van der Waals surface area contributed by atoms with Crippen LogP contribution < -0.4 is 5.32 Å². The normalized spacial score (nSPS) is 9.56. The summed E-state index contributed by atoms with van der Waals surface area (Å²) in [5.74, 6) is -0.551. The monoisotopic (exact) mass is 242 g/mol. The molecule has 6 heteroatoms. The van der Waals surface area contributed by atoms with E-state index in [-0.39, 0.29) is 11.3 Å². The maximum absolute atomic E-state index is 13.6. The zero-order valence-corrected chi connectivity index (χ0v) is 9.36. The summed E-state index contributed by atoms with van der Waals surface area (Å²) < 4.78 is 18.6. The Bertz CT molecular complexity index is 702. The summed E-state index contributed by atoms with van der Waals surface area (Å²) in [6, 6.07) is 6.05. The van der Waals surface area contributed by atoms with Gasteiger partial charge in [-0.25, -0.2) is 4.39 Å². The summed E-state index contributed by atoms with van der Waals surface area (Å²) >= 11 is 0. The molecule has 1 aromatic carbocycles. The second kappa shape index (κ2) is 4.56. The molecule has 0 aliphatic rings. The maximum Gasteiger partial charge on any atom is 0.170 e. The third-order valence-corrected chi connectivity index (χ3v) is 2.35. The molecule has 2 rings (SSSR count). The van der Waals surface area contributed by atoms with Gasteiger partial charge in [-0.15, -0.1) is 0 Å². The van der Waals surface area contributed by atoms with E-state index in [9.17, 15) is 4.39 Å². The van der Waals surface area contributed by atoms with Gasteiger partial charge < -0.3 is 9.84 Å². The van der Waals surface area contributed by atoms with Crippen LogP contribution in [0.2, 0.25) is 0 Å². The fraction of sp³-hybridized carbons (Fsp3) is 0.0833. The summed E-state index contributed by atoms with van der Waals surface area (Å²) in [6.45, 7) is 1.74. The van der Waals surface area contributed by atoms with Gasteiger partial charge in [-0.3, -0.25) is 0 Å². The number of hydrogen-bond donors (Lipinski definition) is 1. The van der Waals surface area contributed by atoms with Crippen LogP contribution in [0.3, 0.4) is 0 Å². The van der Waals surface area contributed by atoms with E-state index < -0.39 is 5.82 Å². The van der Waals surface area contributed by atoms with Crippen molar-refractivity contribution in [3.05, 3.63) is 35.4 Å². The highest BCUT2D eigenvalue weighted by Crippen LogP contribution is 2.25. The van der Waals surface area contributed by atoms with Crippen LogP contribution in [0.5, 0.6) is 0 Å². The topological polar surface area (TPSA) is 85.6 Å². The van der Waals surface area contributed by atoms with E-state index >= 15 is 0 Å². The molecule has 0 saturated heterocycles. The van der Waals surface area contributed by atoms with Crippen LogP contribution >= 0.6 is 0 Å². The Morgan fingerprint density at radius 2 is 2.17 bits per heavy atom. The number of nitriles is 2. The molecule has 1 aromatic heterocycles. The molecule has 0 aliphatic carbocycles. The van der Waals surface area contributed by atoms with Gasteiger partial charge in [-0.2, -0.15) is 10.5 Å². The third kappa shape index (κ3) is 2.00. The van der Waals surface area contributed by atoms with Gasteiger partial charge in [-0.1, -0.05) is 5.16 Å². The highest BCUT2D eigenvalue weighted by molar-refractivity contribution is 5.83. The lowest BCUT2D eigenvalue weighted by Gasteiger charge is -2.02. The van der Waals surface area contributed by atoms with Crippen molar-refractivity contribution in [1.29, 1.82) is 10.5 Å². The van der Waals surface area contributed by atoms with Gasteiger partial charge in [0.25, 0.3) is 0 Å². The van der Waals surface area contributed by atoms with Gasteiger partial charge in [0.15, 0.2) is 5.58 Å². The highest BCUT2D eigenvalue weighted by atomic mass is 19.1. The second-order valence-corrected chi connectivity index (χ2v) is 3.52. The zero-order chi connectivity index (χ0) is 13.1. The van der Waals surface area contributed by atoms with E-state index in [4.69, 9.17) is 15.0 Å². The Hall–Kier alpha value is -2.86. The number of aryl methyl sites for hydroxylation is 1. The zero-order valence-electron chi connectivity index (χ0n) is 9.36. The number of nitrogens with one attached hydrogen (secondary N) is 1. The first kappa shape index (κ1) is 11.6. The van der Waals surface area contributed by atoms with Crippen molar-refractivity contribution in [3.8, 4) is 12.1 Å². The molecule has 5 nitrogen and oxygen atoms in total. The number of anilines is 1. The van der Waals surface area contributed by atoms with Crippen LogP contribution in [0.25, 0.3) is 11.0 Å². The van der Waals surface area contributed by atoms with E-state index in [1.807, 2.05) is 0 Å². The Labute approximate surface area is 102 Å². The van der Waals surface area contributed by atoms with Crippen molar-refractivity contribution in [2.75, 3.05) is 5.32 Å². The van der Waals surface area contributed by atoms with Crippen molar-refractivity contribution in [3.63, 3.8) is 0 Å². The summed E-state index contributed by atoms with van der Waals surface area (Å²) in [5.41, 5.74) is 0.992. The number of benzene rings is 1. The molecule has 18 heavy (non-hydrogen) atoms. The summed E-state index contributed by atoms with van der Waals surface area (Å²) in [4.78, 5) is 0. The molecule has 0 atom stereocenters. The van der Waals surface area contributed by atoms with Crippen LogP contribution in [-0.4, -0.2) is 5.16 Å². The molecule has 2 aromatic rings. The van der Waals surface area contributed by atoms with Crippen LogP contribution in [-0.2, 0) is 0 Å². The van der Waals surface area contributed by atoms with Gasteiger partial charge >= 0.3 is 0 Å². The van der Waals surface area contributed by atoms with Gasteiger partial charge in [0, 0.05) is 17.7 Å². The SMILES string of the molecule is Cc1noc2cc(F)c(NC=C(C#N)C#N)cc12. The largest absolute Gasteiger partial charge is 0.357 e. The average Bonchev–Trinajstić information content (AvgIpc) is 2.72. The van der Waals surface area contributed by atoms with Crippen LogP contribution in [0.1, 0.15) is 5.69 Å². The van der Waals surface area contributed by atoms with E-state index in [0.717, 1.165) is 6.20 Å². The van der Waals surface area contributed by atoms with Crippen LogP contribution in [0.15, 0.2) is 28.4 Å². The Morgan fingerprint density at radius 1 is 1.44 bits per heavy atom. The molecule has 1 N–H and O–H groups in total. The van der Waals surface area contributed by atoms with Crippen molar-refractivity contribution in [2.45, 2.75) is 6.92 Å². The maximum atomic E-state index is 13.6. The number of nitrogens with zero attached hydrogens (tertiary/aromatic N) is 3. The Kier molecular flexibility index (Phi) is 2.94. The fourth-order valence-electron chi connectivity index (χ4n) is 1.43. The molecule has 88 valence electrons. The molecule has 0 radical (unpaired) electrons. The fourth-order valence-corrected chi connectivity index (χ4v) is 1.43. The lowest BCUT2D eigenvalue weighted by molar-refractivity contribution is 0.449. The minimum Gasteiger partial charge on any atom is -0.357 e. The quantitative estimate of drug-likeness (QED) is 0.818. The molecule has 0 unspecified atom stereocenters. The van der Waals surface area contributed by atoms with Crippen molar-refractivity contribution < 1.29 is 8.91 Å². The van der Waals surface area contributed by atoms with Gasteiger partial charge in [-0.05, 0) is 13.0 Å². The van der Waals surface area contributed by atoms with Crippen LogP contribution in [0, 0.1) is 35.4 Å². The predicted molar refractivity (Wildman–Crippen MR) is 61.6 cm³/mol. The average molecular weight is 242 g/mol. The molecular formula is C12H7FN4O. The summed E-state index contributed by atoms with van der Waals surface area (Å²) in [7, 11) is 0. The van der Waals surface area contributed by atoms with Gasteiger partial charge in [0.1, 0.15) is 23.5 Å². The van der Waals surface area contributed by atoms with Crippen molar-refractivity contribution >= 4 is 16.7 Å². The first-order valence-corrected chi connectivity index (χ1v) is 4.98. The number of aromatic nitrogens is 1. The minimum atomic E-state index is -0.551. The van der Waals surface area contributed by atoms with E-state index in [0.29, 0.717) is 16.7 Å². The second-order valence-electron chi connectivity index (χ2n) is 3.52. The minimum absolute atomic E-state index is 0.142. The summed E-state index contributed by atoms with van der Waals surface area (Å²) in [6.07, 6.45) is 1.15. The standard InChI is InChI=1S/C12H7FN4O/c1-7-9-2-11(16-6-8(4-14)5-15)10(13)3-12(9)18-17-7/h2-3,6,16H,1H3. The molecule has 1 heterocycles. The predicted octanol–water partition coefficient (Wildman–Crippen LogP) is 2.62. The highest BCUT2D eigenvalue weighted by Gasteiger charge is 2.09. The van der Waals surface area contributed by atoms with Gasteiger partial charge in [0.2, 0.25) is 0 Å². The Morgan fingerprint density at radius 3 is 2.83 bits per heavy atom. The lowest BCUT2D eigenvalue weighted by atomic mass is 10.2. The number of halogens is 1. The molecule has 0 amide bonds. The van der Waals surface area contributed by atoms with E-state index in [1.165, 1.54) is 12.1 Å². The molecule has 0 bridgehead atoms. The molecule has 0 aliphatic heterocycles. The van der Waals surface area contributed by atoms with Gasteiger partial charge in [0.05, 0.1) is 11.4 Å². The molecule has 0 fully saturated rings. The summed E-state index contributed by atoms with van der Waals surface area (Å²) in [5, 5.41) is 24.1. The molecular weight excluding hydrogens is 235 g/mol. The number of fused-ring (bicyclic) bond motifs is 1. The number of allylic oxidation sites excluding steroid dienone is 1. The Balaban J connectivity index is 2.43.